The van der Waals surface area contributed by atoms with Crippen LogP contribution in [0.25, 0.3) is 0 Å². The maximum Gasteiger partial charge on any atom is 0.120 e. The van der Waals surface area contributed by atoms with Gasteiger partial charge in [-0.15, -0.1) is 0 Å². The Bertz CT molecular complexity index is 244. The van der Waals surface area contributed by atoms with Gasteiger partial charge in [-0.05, 0) is 47.1 Å². The number of piperidine rings is 1. The number of ether oxygens (including phenoxy) is 1. The second-order valence-corrected chi connectivity index (χ2v) is 5.84. The lowest BCUT2D eigenvalue weighted by atomic mass is 9.88. The molecule has 2 rings (SSSR count). The molecule has 3 atom stereocenters. The summed E-state index contributed by atoms with van der Waals surface area (Å²) in [4.78, 5) is 2.58. The van der Waals surface area contributed by atoms with Crippen molar-refractivity contribution in [1.29, 1.82) is 0 Å². The SMILES string of the molecule is CC1CNC(C)(C2CCCN(C(C)C)C2)O1. The number of hydrogen-bond donors (Lipinski definition) is 1. The molecule has 2 heterocycles. The molecule has 0 aromatic carbocycles. The van der Waals surface area contributed by atoms with Crippen molar-refractivity contribution < 1.29 is 4.74 Å². The van der Waals surface area contributed by atoms with Gasteiger partial charge in [-0.1, -0.05) is 0 Å². The zero-order valence-electron chi connectivity index (χ0n) is 11.1. The third-order valence-corrected chi connectivity index (χ3v) is 4.15. The minimum atomic E-state index is -0.0903. The first-order valence-electron chi connectivity index (χ1n) is 6.68. The molecule has 0 saturated carbocycles. The van der Waals surface area contributed by atoms with Crippen LogP contribution in [0, 0.1) is 5.92 Å². The van der Waals surface area contributed by atoms with Gasteiger partial charge in [-0.25, -0.2) is 0 Å². The molecule has 2 saturated heterocycles. The summed E-state index contributed by atoms with van der Waals surface area (Å²) >= 11 is 0. The molecule has 0 spiro atoms. The highest BCUT2D eigenvalue weighted by atomic mass is 16.5. The van der Waals surface area contributed by atoms with Crippen LogP contribution in [0.4, 0.5) is 0 Å². The van der Waals surface area contributed by atoms with Crippen LogP contribution < -0.4 is 5.32 Å². The topological polar surface area (TPSA) is 24.5 Å². The van der Waals surface area contributed by atoms with E-state index in [4.69, 9.17) is 4.74 Å². The first-order chi connectivity index (χ1) is 7.51. The molecule has 94 valence electrons. The predicted molar refractivity (Wildman–Crippen MR) is 66.4 cm³/mol. The zero-order valence-corrected chi connectivity index (χ0v) is 11.1. The molecule has 16 heavy (non-hydrogen) atoms. The summed E-state index contributed by atoms with van der Waals surface area (Å²) in [6, 6.07) is 0.658. The van der Waals surface area contributed by atoms with Gasteiger partial charge < -0.3 is 9.64 Å². The van der Waals surface area contributed by atoms with Crippen LogP contribution in [0.2, 0.25) is 0 Å². The third kappa shape index (κ3) is 2.41. The fourth-order valence-corrected chi connectivity index (χ4v) is 3.01. The minimum Gasteiger partial charge on any atom is -0.356 e. The number of hydrogen-bond acceptors (Lipinski definition) is 3. The average Bonchev–Trinajstić information content (AvgIpc) is 2.60. The van der Waals surface area contributed by atoms with E-state index in [0.29, 0.717) is 18.1 Å². The van der Waals surface area contributed by atoms with E-state index in [2.05, 4.69) is 37.9 Å². The van der Waals surface area contributed by atoms with Crippen molar-refractivity contribution in [3.63, 3.8) is 0 Å². The molecule has 1 N–H and O–H groups in total. The lowest BCUT2D eigenvalue weighted by Crippen LogP contribution is -2.53. The molecule has 2 aliphatic heterocycles. The van der Waals surface area contributed by atoms with Gasteiger partial charge in [0.25, 0.3) is 0 Å². The summed E-state index contributed by atoms with van der Waals surface area (Å²) in [5, 5.41) is 3.56. The van der Waals surface area contributed by atoms with Gasteiger partial charge in [0, 0.05) is 25.0 Å². The summed E-state index contributed by atoms with van der Waals surface area (Å²) < 4.78 is 6.08. The van der Waals surface area contributed by atoms with Crippen LogP contribution in [0.3, 0.4) is 0 Å². The Balaban J connectivity index is 1.98. The Hall–Kier alpha value is -0.120. The molecular formula is C13H26N2O. The molecule has 0 aliphatic carbocycles. The van der Waals surface area contributed by atoms with Crippen LogP contribution in [-0.2, 0) is 4.74 Å². The van der Waals surface area contributed by atoms with Crippen molar-refractivity contribution in [3.8, 4) is 0 Å². The van der Waals surface area contributed by atoms with E-state index in [0.717, 1.165) is 6.54 Å². The molecular weight excluding hydrogens is 200 g/mol. The number of nitrogens with zero attached hydrogens (tertiary/aromatic N) is 1. The van der Waals surface area contributed by atoms with Gasteiger partial charge in [-0.2, -0.15) is 0 Å². The maximum absolute atomic E-state index is 6.08. The predicted octanol–water partition coefficient (Wildman–Crippen LogP) is 1.83. The van der Waals surface area contributed by atoms with Crippen LogP contribution in [0.1, 0.15) is 40.5 Å². The Labute approximate surface area is 99.5 Å². The third-order valence-electron chi connectivity index (χ3n) is 4.15. The molecule has 3 unspecified atom stereocenters. The lowest BCUT2D eigenvalue weighted by molar-refractivity contribution is -0.0921. The van der Waals surface area contributed by atoms with Crippen molar-refractivity contribution >= 4 is 0 Å². The first-order valence-corrected chi connectivity index (χ1v) is 6.68. The summed E-state index contributed by atoms with van der Waals surface area (Å²) in [7, 11) is 0. The largest absolute Gasteiger partial charge is 0.356 e. The van der Waals surface area contributed by atoms with E-state index in [1.165, 1.54) is 25.9 Å². The second kappa shape index (κ2) is 4.63. The van der Waals surface area contributed by atoms with Crippen LogP contribution in [0.15, 0.2) is 0 Å². The zero-order chi connectivity index (χ0) is 11.8. The Morgan fingerprint density at radius 1 is 1.44 bits per heavy atom. The molecule has 0 aromatic rings. The van der Waals surface area contributed by atoms with Crippen molar-refractivity contribution in [2.24, 2.45) is 5.92 Å². The van der Waals surface area contributed by atoms with E-state index >= 15 is 0 Å². The molecule has 3 nitrogen and oxygen atoms in total. The number of likely N-dealkylation sites (tertiary alicyclic amines) is 1. The van der Waals surface area contributed by atoms with Gasteiger partial charge >= 0.3 is 0 Å². The van der Waals surface area contributed by atoms with Gasteiger partial charge in [0.2, 0.25) is 0 Å². The van der Waals surface area contributed by atoms with E-state index in [-0.39, 0.29) is 5.72 Å². The Morgan fingerprint density at radius 2 is 2.19 bits per heavy atom. The van der Waals surface area contributed by atoms with Gasteiger partial charge in [0.15, 0.2) is 0 Å². The van der Waals surface area contributed by atoms with Gasteiger partial charge in [-0.3, -0.25) is 5.32 Å². The van der Waals surface area contributed by atoms with Crippen molar-refractivity contribution in [3.05, 3.63) is 0 Å². The van der Waals surface area contributed by atoms with Gasteiger partial charge in [0.1, 0.15) is 5.72 Å². The lowest BCUT2D eigenvalue weighted by Gasteiger charge is -2.42. The first kappa shape index (κ1) is 12.3. The highest BCUT2D eigenvalue weighted by Gasteiger charge is 2.42. The van der Waals surface area contributed by atoms with Crippen molar-refractivity contribution in [1.82, 2.24) is 10.2 Å². The molecule has 0 aromatic heterocycles. The molecule has 0 radical (unpaired) electrons. The van der Waals surface area contributed by atoms with Gasteiger partial charge in [0.05, 0.1) is 6.10 Å². The fourth-order valence-electron chi connectivity index (χ4n) is 3.01. The summed E-state index contributed by atoms with van der Waals surface area (Å²) in [6.45, 7) is 12.4. The monoisotopic (exact) mass is 226 g/mol. The van der Waals surface area contributed by atoms with Crippen LogP contribution in [0.5, 0.6) is 0 Å². The van der Waals surface area contributed by atoms with E-state index in [1.807, 2.05) is 0 Å². The highest BCUT2D eigenvalue weighted by molar-refractivity contribution is 4.92. The highest BCUT2D eigenvalue weighted by Crippen LogP contribution is 2.32. The maximum atomic E-state index is 6.08. The Kier molecular flexibility index (Phi) is 3.57. The van der Waals surface area contributed by atoms with Crippen LogP contribution in [-0.4, -0.2) is 42.4 Å². The molecule has 2 fully saturated rings. The molecule has 2 aliphatic rings. The normalized spacial score (nSPS) is 41.8. The summed E-state index contributed by atoms with van der Waals surface area (Å²) in [6.07, 6.45) is 2.96. The molecule has 0 amide bonds. The number of nitrogens with one attached hydrogen (secondary N) is 1. The molecule has 0 bridgehead atoms. The van der Waals surface area contributed by atoms with E-state index in [1.54, 1.807) is 0 Å². The second-order valence-electron chi connectivity index (χ2n) is 5.84. The quantitative estimate of drug-likeness (QED) is 0.777. The van der Waals surface area contributed by atoms with Crippen molar-refractivity contribution in [2.45, 2.75) is 58.4 Å². The minimum absolute atomic E-state index is 0.0903. The fraction of sp³-hybridized carbons (Fsp3) is 1.00. The Morgan fingerprint density at radius 3 is 2.75 bits per heavy atom. The van der Waals surface area contributed by atoms with Crippen LogP contribution >= 0.6 is 0 Å². The number of rotatable bonds is 2. The van der Waals surface area contributed by atoms with Crippen molar-refractivity contribution in [2.75, 3.05) is 19.6 Å². The van der Waals surface area contributed by atoms with E-state index in [9.17, 15) is 0 Å². The summed E-state index contributed by atoms with van der Waals surface area (Å²) in [5.41, 5.74) is -0.0903. The van der Waals surface area contributed by atoms with E-state index < -0.39 is 0 Å². The smallest absolute Gasteiger partial charge is 0.120 e. The standard InChI is InChI=1S/C13H26N2O/c1-10(2)15-7-5-6-12(9-15)13(4)14-8-11(3)16-13/h10-12,14H,5-9H2,1-4H3. The summed E-state index contributed by atoms with van der Waals surface area (Å²) in [5.74, 6) is 0.633. The molecule has 3 heteroatoms. The average molecular weight is 226 g/mol.